The van der Waals surface area contributed by atoms with Gasteiger partial charge in [0, 0.05) is 80.7 Å². The van der Waals surface area contributed by atoms with Gasteiger partial charge in [0.25, 0.3) is 0 Å². The monoisotopic (exact) mass is 626 g/mol. The van der Waals surface area contributed by atoms with Crippen molar-refractivity contribution in [1.82, 2.24) is 20.5 Å². The Kier molecular flexibility index (Phi) is 9.19. The summed E-state index contributed by atoms with van der Waals surface area (Å²) in [6, 6.07) is 36.1. The average Bonchev–Trinajstić information content (AvgIpc) is 3.54. The molecule has 1 aromatic heterocycles. The van der Waals surface area contributed by atoms with Crippen LogP contribution in [0.15, 0.2) is 115 Å². The van der Waals surface area contributed by atoms with Crippen LogP contribution in [0.25, 0.3) is 10.9 Å². The number of fused-ring (bicyclic) bond motifs is 2. The van der Waals surface area contributed by atoms with Crippen molar-refractivity contribution in [3.63, 3.8) is 0 Å². The molecule has 3 N–H and O–H groups in total. The minimum Gasteiger partial charge on any atom is -0.368 e. The molecule has 2 aliphatic heterocycles. The fraction of sp³-hybridized carbons (Fsp3) is 0.282. The highest BCUT2D eigenvalue weighted by molar-refractivity contribution is 6.00. The summed E-state index contributed by atoms with van der Waals surface area (Å²) in [5.74, 6) is 0.167. The summed E-state index contributed by atoms with van der Waals surface area (Å²) in [5, 5.41) is 7.88. The Labute approximate surface area is 276 Å². The Balaban J connectivity index is 1.10. The van der Waals surface area contributed by atoms with Gasteiger partial charge < -0.3 is 30.3 Å². The highest BCUT2D eigenvalue weighted by Crippen LogP contribution is 2.31. The van der Waals surface area contributed by atoms with Gasteiger partial charge in [0.05, 0.1) is 0 Å². The summed E-state index contributed by atoms with van der Waals surface area (Å²) in [4.78, 5) is 37.9. The Morgan fingerprint density at radius 3 is 2.32 bits per heavy atom. The number of benzene rings is 4. The summed E-state index contributed by atoms with van der Waals surface area (Å²) in [6.45, 7) is 4.84. The molecular formula is C39H42N6O2. The van der Waals surface area contributed by atoms with E-state index in [9.17, 15) is 9.59 Å². The van der Waals surface area contributed by atoms with Crippen LogP contribution in [0.1, 0.15) is 16.7 Å². The normalized spacial score (nSPS) is 16.9. The van der Waals surface area contributed by atoms with Crippen molar-refractivity contribution in [2.45, 2.75) is 25.4 Å². The first-order valence-corrected chi connectivity index (χ1v) is 16.7. The van der Waals surface area contributed by atoms with Crippen molar-refractivity contribution in [3.8, 4) is 0 Å². The number of urea groups is 1. The SMILES string of the molecule is O=C(NC(Cc1c[nH]c2ccccc12)C(=O)N1C[C@H](CNCc2ccccc2)Cc2ccccc21)N1CCN(c2ccccc2)CC1. The number of rotatable bonds is 9. The number of hydrogen-bond donors (Lipinski definition) is 3. The van der Waals surface area contributed by atoms with E-state index in [1.165, 1.54) is 5.56 Å². The highest BCUT2D eigenvalue weighted by atomic mass is 16.2. The van der Waals surface area contributed by atoms with Crippen molar-refractivity contribution in [2.75, 3.05) is 49.1 Å². The van der Waals surface area contributed by atoms with Crippen LogP contribution in [0.2, 0.25) is 0 Å². The number of hydrogen-bond acceptors (Lipinski definition) is 4. The second-order valence-electron chi connectivity index (χ2n) is 12.6. The zero-order valence-electron chi connectivity index (χ0n) is 26.6. The van der Waals surface area contributed by atoms with Gasteiger partial charge in [-0.2, -0.15) is 0 Å². The molecule has 0 spiro atoms. The fourth-order valence-corrected chi connectivity index (χ4v) is 7.00. The maximum atomic E-state index is 14.7. The van der Waals surface area contributed by atoms with Crippen LogP contribution in [0.3, 0.4) is 0 Å². The Morgan fingerprint density at radius 2 is 1.51 bits per heavy atom. The molecule has 7 rings (SSSR count). The molecule has 3 heterocycles. The van der Waals surface area contributed by atoms with Crippen molar-refractivity contribution < 1.29 is 9.59 Å². The third kappa shape index (κ3) is 7.03. The standard InChI is InChI=1S/C39H42N6O2/c46-38(45-28-30(23-31-13-7-10-18-37(31)45)26-40-25-29-11-3-1-4-12-29)36(24-32-27-41-35-17-9-8-16-34(32)35)42-39(47)44-21-19-43(20-22-44)33-14-5-2-6-15-33/h1-18,27,30,36,40-41H,19-26,28H2,(H,42,47)/t30-,36?/m0/s1. The summed E-state index contributed by atoms with van der Waals surface area (Å²) in [6.07, 6.45) is 3.26. The molecule has 5 aromatic rings. The Bertz CT molecular complexity index is 1800. The van der Waals surface area contributed by atoms with Gasteiger partial charge in [-0.15, -0.1) is 0 Å². The molecule has 3 amide bonds. The van der Waals surface area contributed by atoms with Gasteiger partial charge in [0.15, 0.2) is 0 Å². The van der Waals surface area contributed by atoms with Crippen molar-refractivity contribution in [2.24, 2.45) is 5.92 Å². The van der Waals surface area contributed by atoms with Gasteiger partial charge in [-0.25, -0.2) is 4.79 Å². The lowest BCUT2D eigenvalue weighted by Gasteiger charge is -2.38. The molecule has 0 saturated carbocycles. The summed E-state index contributed by atoms with van der Waals surface area (Å²) < 4.78 is 0. The number of para-hydroxylation sites is 3. The van der Waals surface area contributed by atoms with Gasteiger partial charge in [-0.3, -0.25) is 4.79 Å². The molecule has 1 saturated heterocycles. The minimum atomic E-state index is -0.724. The van der Waals surface area contributed by atoms with E-state index in [0.717, 1.165) is 66.0 Å². The molecule has 2 aliphatic rings. The maximum Gasteiger partial charge on any atom is 0.318 e. The molecule has 0 bridgehead atoms. The first-order valence-electron chi connectivity index (χ1n) is 16.7. The second-order valence-corrected chi connectivity index (χ2v) is 12.6. The van der Waals surface area contributed by atoms with Crippen molar-refractivity contribution in [1.29, 1.82) is 0 Å². The Morgan fingerprint density at radius 1 is 0.809 bits per heavy atom. The van der Waals surface area contributed by atoms with Gasteiger partial charge in [0.2, 0.25) is 5.91 Å². The van der Waals surface area contributed by atoms with E-state index < -0.39 is 6.04 Å². The molecule has 1 unspecified atom stereocenters. The molecule has 47 heavy (non-hydrogen) atoms. The first-order chi connectivity index (χ1) is 23.1. The van der Waals surface area contributed by atoms with Crippen LogP contribution in [-0.4, -0.2) is 67.1 Å². The van der Waals surface area contributed by atoms with Gasteiger partial charge in [-0.1, -0.05) is 84.9 Å². The quantitative estimate of drug-likeness (QED) is 0.199. The van der Waals surface area contributed by atoms with Gasteiger partial charge in [-0.05, 0) is 53.3 Å². The van der Waals surface area contributed by atoms with Crippen LogP contribution in [0.4, 0.5) is 16.2 Å². The number of aromatic nitrogens is 1. The molecule has 240 valence electrons. The predicted octanol–water partition coefficient (Wildman–Crippen LogP) is 5.61. The van der Waals surface area contributed by atoms with Crippen LogP contribution in [0.5, 0.6) is 0 Å². The number of nitrogens with one attached hydrogen (secondary N) is 3. The fourth-order valence-electron chi connectivity index (χ4n) is 7.00. The number of nitrogens with zero attached hydrogens (tertiary/aromatic N) is 3. The van der Waals surface area contributed by atoms with E-state index in [2.05, 4.69) is 69.0 Å². The number of anilines is 2. The first kappa shape index (κ1) is 30.6. The van der Waals surface area contributed by atoms with E-state index in [4.69, 9.17) is 0 Å². The van der Waals surface area contributed by atoms with E-state index >= 15 is 0 Å². The lowest BCUT2D eigenvalue weighted by molar-refractivity contribution is -0.120. The third-order valence-electron chi connectivity index (χ3n) is 9.49. The predicted molar refractivity (Wildman–Crippen MR) is 189 cm³/mol. The molecule has 4 aromatic carbocycles. The number of amides is 3. The van der Waals surface area contributed by atoms with Crippen LogP contribution < -0.4 is 20.4 Å². The van der Waals surface area contributed by atoms with E-state index in [1.54, 1.807) is 0 Å². The van der Waals surface area contributed by atoms with Crippen LogP contribution >= 0.6 is 0 Å². The number of H-pyrrole nitrogens is 1. The van der Waals surface area contributed by atoms with Gasteiger partial charge in [0.1, 0.15) is 6.04 Å². The number of piperazine rings is 1. The van der Waals surface area contributed by atoms with Crippen LogP contribution in [0, 0.1) is 5.92 Å². The Hall–Kier alpha value is -5.08. The maximum absolute atomic E-state index is 14.7. The number of carbonyl (C=O) groups excluding carboxylic acids is 2. The molecule has 8 heteroatoms. The van der Waals surface area contributed by atoms with Gasteiger partial charge >= 0.3 is 6.03 Å². The summed E-state index contributed by atoms with van der Waals surface area (Å²) in [7, 11) is 0. The van der Waals surface area contributed by atoms with E-state index in [-0.39, 0.29) is 17.9 Å². The second kappa shape index (κ2) is 14.1. The topological polar surface area (TPSA) is 83.7 Å². The summed E-state index contributed by atoms with van der Waals surface area (Å²) in [5.41, 5.74) is 6.53. The largest absolute Gasteiger partial charge is 0.368 e. The molecule has 1 fully saturated rings. The molecular weight excluding hydrogens is 584 g/mol. The molecule has 0 aliphatic carbocycles. The van der Waals surface area contributed by atoms with Crippen molar-refractivity contribution in [3.05, 3.63) is 132 Å². The van der Waals surface area contributed by atoms with E-state index in [1.807, 2.05) is 76.7 Å². The molecule has 8 nitrogen and oxygen atoms in total. The summed E-state index contributed by atoms with van der Waals surface area (Å²) >= 11 is 0. The number of carbonyl (C=O) groups is 2. The lowest BCUT2D eigenvalue weighted by Crippen LogP contribution is -2.58. The molecule has 0 radical (unpaired) electrons. The zero-order chi connectivity index (χ0) is 32.0. The zero-order valence-corrected chi connectivity index (χ0v) is 26.6. The van der Waals surface area contributed by atoms with Crippen molar-refractivity contribution >= 4 is 34.2 Å². The van der Waals surface area contributed by atoms with Crippen LogP contribution in [-0.2, 0) is 24.2 Å². The lowest BCUT2D eigenvalue weighted by atomic mass is 9.91. The minimum absolute atomic E-state index is 0.0771. The average molecular weight is 627 g/mol. The third-order valence-corrected chi connectivity index (χ3v) is 9.49. The van der Waals surface area contributed by atoms with E-state index in [0.29, 0.717) is 26.1 Å². The smallest absolute Gasteiger partial charge is 0.318 e. The molecule has 2 atom stereocenters. The highest BCUT2D eigenvalue weighted by Gasteiger charge is 2.35. The number of aromatic amines is 1.